The van der Waals surface area contributed by atoms with E-state index in [1.54, 1.807) is 0 Å². The predicted octanol–water partition coefficient (Wildman–Crippen LogP) is 2.58. The van der Waals surface area contributed by atoms with Crippen LogP contribution in [0.3, 0.4) is 0 Å². The molecule has 2 heteroatoms. The fraction of sp³-hybridized carbons (Fsp3) is 0.846. The first-order valence-electron chi connectivity index (χ1n) is 6.16. The Morgan fingerprint density at radius 2 is 1.87 bits per heavy atom. The van der Waals surface area contributed by atoms with Gasteiger partial charge in [-0.25, -0.2) is 0 Å². The smallest absolute Gasteiger partial charge is 0.0530 e. The highest BCUT2D eigenvalue weighted by molar-refractivity contribution is 5.02. The molecule has 2 nitrogen and oxygen atoms in total. The van der Waals surface area contributed by atoms with E-state index in [4.69, 9.17) is 0 Å². The molecule has 1 rings (SSSR count). The maximum Gasteiger partial charge on any atom is 0.0530 e. The Morgan fingerprint density at radius 3 is 2.33 bits per heavy atom. The van der Waals surface area contributed by atoms with Crippen molar-refractivity contribution in [2.75, 3.05) is 13.1 Å². The Hall–Kier alpha value is -0.340. The molecule has 88 valence electrons. The highest BCUT2D eigenvalue weighted by atomic mass is 16.3. The third-order valence-corrected chi connectivity index (χ3v) is 2.97. The minimum atomic E-state index is -0.201. The molecule has 15 heavy (non-hydrogen) atoms. The van der Waals surface area contributed by atoms with Gasteiger partial charge in [-0.15, -0.1) is 0 Å². The lowest BCUT2D eigenvalue weighted by Crippen LogP contribution is -2.39. The Bertz CT molecular complexity index is 201. The van der Waals surface area contributed by atoms with Gasteiger partial charge in [0.1, 0.15) is 0 Å². The van der Waals surface area contributed by atoms with Gasteiger partial charge >= 0.3 is 0 Å². The molecular weight excluding hydrogens is 186 g/mol. The summed E-state index contributed by atoms with van der Waals surface area (Å²) in [7, 11) is 0. The summed E-state index contributed by atoms with van der Waals surface area (Å²) < 4.78 is 0. The van der Waals surface area contributed by atoms with Crippen molar-refractivity contribution in [3.05, 3.63) is 11.6 Å². The van der Waals surface area contributed by atoms with E-state index in [9.17, 15) is 5.11 Å². The third kappa shape index (κ3) is 4.80. The number of hydrogen-bond donors (Lipinski definition) is 1. The number of likely N-dealkylation sites (tertiary alicyclic amines) is 1. The van der Waals surface area contributed by atoms with Gasteiger partial charge in [0.2, 0.25) is 0 Å². The SMILES string of the molecule is CC(C)=CC(CC(C)O)N1CCCCC1. The molecule has 0 amide bonds. The third-order valence-electron chi connectivity index (χ3n) is 2.97. The van der Waals surface area contributed by atoms with Crippen LogP contribution in [0.2, 0.25) is 0 Å². The van der Waals surface area contributed by atoms with Crippen molar-refractivity contribution in [2.24, 2.45) is 0 Å². The van der Waals surface area contributed by atoms with Crippen molar-refractivity contribution in [1.29, 1.82) is 0 Å². The molecule has 0 saturated carbocycles. The van der Waals surface area contributed by atoms with Gasteiger partial charge < -0.3 is 5.11 Å². The lowest BCUT2D eigenvalue weighted by molar-refractivity contribution is 0.118. The van der Waals surface area contributed by atoms with Gasteiger partial charge in [0.05, 0.1) is 6.10 Å². The summed E-state index contributed by atoms with van der Waals surface area (Å²) in [5.74, 6) is 0. The molecule has 0 aromatic rings. The first kappa shape index (κ1) is 12.7. The zero-order chi connectivity index (χ0) is 11.3. The summed E-state index contributed by atoms with van der Waals surface area (Å²) in [5, 5.41) is 9.51. The summed E-state index contributed by atoms with van der Waals surface area (Å²) in [4.78, 5) is 2.52. The maximum absolute atomic E-state index is 9.51. The number of rotatable bonds is 4. The highest BCUT2D eigenvalue weighted by Gasteiger charge is 2.19. The number of hydrogen-bond acceptors (Lipinski definition) is 2. The number of nitrogens with zero attached hydrogens (tertiary/aromatic N) is 1. The Labute approximate surface area is 94.0 Å². The molecule has 2 unspecified atom stereocenters. The van der Waals surface area contributed by atoms with Gasteiger partial charge in [-0.05, 0) is 53.1 Å². The van der Waals surface area contributed by atoms with E-state index in [-0.39, 0.29) is 6.10 Å². The van der Waals surface area contributed by atoms with Crippen LogP contribution >= 0.6 is 0 Å². The molecule has 1 heterocycles. The summed E-state index contributed by atoms with van der Waals surface area (Å²) in [6.45, 7) is 8.55. The topological polar surface area (TPSA) is 23.5 Å². The summed E-state index contributed by atoms with van der Waals surface area (Å²) in [6, 6.07) is 0.440. The molecule has 2 atom stereocenters. The molecule has 0 bridgehead atoms. The molecular formula is C13H25NO. The standard InChI is InChI=1S/C13H25NO/c1-11(2)9-13(10-12(3)15)14-7-5-4-6-8-14/h9,12-13,15H,4-8,10H2,1-3H3. The first-order valence-corrected chi connectivity index (χ1v) is 6.16. The van der Waals surface area contributed by atoms with Gasteiger partial charge in [0.25, 0.3) is 0 Å². The molecule has 0 radical (unpaired) electrons. The molecule has 0 aromatic heterocycles. The van der Waals surface area contributed by atoms with E-state index in [0.717, 1.165) is 6.42 Å². The van der Waals surface area contributed by atoms with Gasteiger partial charge in [0.15, 0.2) is 0 Å². The zero-order valence-corrected chi connectivity index (χ0v) is 10.4. The largest absolute Gasteiger partial charge is 0.393 e. The summed E-state index contributed by atoms with van der Waals surface area (Å²) >= 11 is 0. The normalized spacial score (nSPS) is 22.1. The van der Waals surface area contributed by atoms with Crippen molar-refractivity contribution >= 4 is 0 Å². The second-order valence-corrected chi connectivity index (χ2v) is 4.99. The maximum atomic E-state index is 9.51. The number of piperidine rings is 1. The van der Waals surface area contributed by atoms with Gasteiger partial charge in [-0.1, -0.05) is 18.1 Å². The lowest BCUT2D eigenvalue weighted by atomic mass is 10.0. The van der Waals surface area contributed by atoms with Crippen LogP contribution < -0.4 is 0 Å². The van der Waals surface area contributed by atoms with Crippen LogP contribution in [0.4, 0.5) is 0 Å². The molecule has 1 N–H and O–H groups in total. The fourth-order valence-corrected chi connectivity index (χ4v) is 2.31. The number of allylic oxidation sites excluding steroid dienone is 1. The van der Waals surface area contributed by atoms with Crippen LogP contribution in [-0.2, 0) is 0 Å². The molecule has 1 fully saturated rings. The molecule has 0 aromatic carbocycles. The van der Waals surface area contributed by atoms with Crippen LogP contribution in [0.15, 0.2) is 11.6 Å². The van der Waals surface area contributed by atoms with Gasteiger partial charge in [-0.3, -0.25) is 4.90 Å². The number of aliphatic hydroxyl groups excluding tert-OH is 1. The second kappa shape index (κ2) is 6.29. The Balaban J connectivity index is 2.57. The Morgan fingerprint density at radius 1 is 1.27 bits per heavy atom. The van der Waals surface area contributed by atoms with E-state index in [1.807, 2.05) is 6.92 Å². The molecule has 1 aliphatic heterocycles. The predicted molar refractivity (Wildman–Crippen MR) is 64.9 cm³/mol. The molecule has 1 saturated heterocycles. The van der Waals surface area contributed by atoms with Crippen LogP contribution in [0, 0.1) is 0 Å². The van der Waals surface area contributed by atoms with Gasteiger partial charge in [-0.2, -0.15) is 0 Å². The van der Waals surface area contributed by atoms with Crippen molar-refractivity contribution in [2.45, 2.75) is 58.6 Å². The van der Waals surface area contributed by atoms with Crippen molar-refractivity contribution in [1.82, 2.24) is 4.90 Å². The van der Waals surface area contributed by atoms with E-state index in [2.05, 4.69) is 24.8 Å². The average molecular weight is 211 g/mol. The van der Waals surface area contributed by atoms with Gasteiger partial charge in [0, 0.05) is 6.04 Å². The lowest BCUT2D eigenvalue weighted by Gasteiger charge is -2.33. The van der Waals surface area contributed by atoms with Crippen LogP contribution in [0.5, 0.6) is 0 Å². The van der Waals surface area contributed by atoms with Crippen LogP contribution in [0.25, 0.3) is 0 Å². The van der Waals surface area contributed by atoms with Crippen LogP contribution in [0.1, 0.15) is 46.5 Å². The minimum absolute atomic E-state index is 0.201. The average Bonchev–Trinajstić information content (AvgIpc) is 2.17. The zero-order valence-electron chi connectivity index (χ0n) is 10.4. The first-order chi connectivity index (χ1) is 7.09. The highest BCUT2D eigenvalue weighted by Crippen LogP contribution is 2.17. The minimum Gasteiger partial charge on any atom is -0.393 e. The molecule has 1 aliphatic rings. The monoisotopic (exact) mass is 211 g/mol. The number of aliphatic hydroxyl groups is 1. The van der Waals surface area contributed by atoms with Crippen molar-refractivity contribution in [3.63, 3.8) is 0 Å². The van der Waals surface area contributed by atoms with E-state index in [1.165, 1.54) is 37.9 Å². The quantitative estimate of drug-likeness (QED) is 0.722. The second-order valence-electron chi connectivity index (χ2n) is 4.99. The Kier molecular flexibility index (Phi) is 5.34. The van der Waals surface area contributed by atoms with E-state index in [0.29, 0.717) is 6.04 Å². The van der Waals surface area contributed by atoms with Crippen molar-refractivity contribution < 1.29 is 5.11 Å². The molecule has 0 aliphatic carbocycles. The summed E-state index contributed by atoms with van der Waals surface area (Å²) in [6.07, 6.45) is 6.96. The van der Waals surface area contributed by atoms with E-state index < -0.39 is 0 Å². The van der Waals surface area contributed by atoms with Crippen molar-refractivity contribution in [3.8, 4) is 0 Å². The summed E-state index contributed by atoms with van der Waals surface area (Å²) in [5.41, 5.74) is 1.35. The van der Waals surface area contributed by atoms with E-state index >= 15 is 0 Å². The van der Waals surface area contributed by atoms with Crippen LogP contribution in [-0.4, -0.2) is 35.2 Å². The fourth-order valence-electron chi connectivity index (χ4n) is 2.31. The molecule has 0 spiro atoms.